The molecular weight excluding hydrogens is 195 g/mol. The minimum atomic E-state index is -3.54. The Kier molecular flexibility index (Phi) is 7.45. The van der Waals surface area contributed by atoms with Gasteiger partial charge in [0.15, 0.2) is 0 Å². The Hall–Kier alpha value is 0.0300. The van der Waals surface area contributed by atoms with Gasteiger partial charge in [0.05, 0.1) is 0 Å². The summed E-state index contributed by atoms with van der Waals surface area (Å²) in [5.41, 5.74) is 0. The van der Waals surface area contributed by atoms with Crippen LogP contribution in [0.15, 0.2) is 0 Å². The highest BCUT2D eigenvalue weighted by Crippen LogP contribution is 2.36. The minimum Gasteiger partial charge on any atom is -0.386 e. The molecule has 0 bridgehead atoms. The summed E-state index contributed by atoms with van der Waals surface area (Å²) >= 11 is 0. The highest BCUT2D eigenvalue weighted by atomic mass is 31.2. The lowest BCUT2D eigenvalue weighted by Gasteiger charge is -2.11. The third-order valence-corrected chi connectivity index (χ3v) is 2.28. The van der Waals surface area contributed by atoms with Gasteiger partial charge in [-0.15, -0.1) is 0 Å². The van der Waals surface area contributed by atoms with Crippen LogP contribution in [0.1, 0.15) is 0 Å². The van der Waals surface area contributed by atoms with E-state index in [0.717, 1.165) is 26.2 Å². The maximum absolute atomic E-state index is 10.0. The van der Waals surface area contributed by atoms with Crippen LogP contribution in [-0.2, 0) is 4.57 Å². The molecule has 1 fully saturated rings. The van der Waals surface area contributed by atoms with E-state index in [2.05, 4.69) is 10.6 Å². The standard InChI is InChI=1S/C4H10N2.C2H7O4P/c1-2-6-4-3-5-1;3-1-7(5,6)2-4/h5-6H,1-4H2;3-4H,1-2H2,(H,5,6). The first-order chi connectivity index (χ1) is 6.12. The number of aliphatic hydroxyl groups is 2. The lowest BCUT2D eigenvalue weighted by molar-refractivity contribution is 0.293. The molecule has 1 aliphatic heterocycles. The lowest BCUT2D eigenvalue weighted by atomic mass is 10.4. The van der Waals surface area contributed by atoms with Gasteiger partial charge in [0.2, 0.25) is 7.37 Å². The molecule has 1 heterocycles. The van der Waals surface area contributed by atoms with Crippen LogP contribution in [0.3, 0.4) is 0 Å². The molecule has 0 unspecified atom stereocenters. The average molecular weight is 212 g/mol. The predicted molar refractivity (Wildman–Crippen MR) is 49.7 cm³/mol. The van der Waals surface area contributed by atoms with E-state index in [-0.39, 0.29) is 0 Å². The maximum Gasteiger partial charge on any atom is 0.249 e. The number of piperazine rings is 1. The summed E-state index contributed by atoms with van der Waals surface area (Å²) in [6, 6.07) is 0. The fraction of sp³-hybridized carbons (Fsp3) is 1.00. The van der Waals surface area contributed by atoms with Gasteiger partial charge in [-0.25, -0.2) is 0 Å². The van der Waals surface area contributed by atoms with Gasteiger partial charge in [0.25, 0.3) is 0 Å². The third-order valence-electron chi connectivity index (χ3n) is 1.40. The van der Waals surface area contributed by atoms with Crippen LogP contribution in [0.5, 0.6) is 0 Å². The fourth-order valence-electron chi connectivity index (χ4n) is 0.648. The Labute approximate surface area is 77.4 Å². The van der Waals surface area contributed by atoms with Crippen molar-refractivity contribution in [3.63, 3.8) is 0 Å². The summed E-state index contributed by atoms with van der Waals surface area (Å²) in [5.74, 6) is 0. The van der Waals surface area contributed by atoms with Crippen molar-refractivity contribution in [2.24, 2.45) is 0 Å². The molecule has 13 heavy (non-hydrogen) atoms. The molecule has 1 aliphatic rings. The van der Waals surface area contributed by atoms with Crippen LogP contribution >= 0.6 is 7.37 Å². The van der Waals surface area contributed by atoms with E-state index in [9.17, 15) is 4.57 Å². The SMILES string of the molecule is C1CNCCN1.O=P(O)(CO)CO. The van der Waals surface area contributed by atoms with Crippen molar-refractivity contribution in [3.05, 3.63) is 0 Å². The van der Waals surface area contributed by atoms with Gasteiger partial charge in [-0.1, -0.05) is 0 Å². The van der Waals surface area contributed by atoms with Crippen molar-refractivity contribution in [2.45, 2.75) is 0 Å². The predicted octanol–water partition coefficient (Wildman–Crippen LogP) is -1.66. The van der Waals surface area contributed by atoms with Crippen molar-refractivity contribution in [1.29, 1.82) is 0 Å². The number of nitrogens with one attached hydrogen (secondary N) is 2. The second-order valence-corrected chi connectivity index (χ2v) is 4.89. The average Bonchev–Trinajstić information content (AvgIpc) is 2.21. The number of hydrogen-bond acceptors (Lipinski definition) is 5. The normalized spacial score (nSPS) is 17.5. The van der Waals surface area contributed by atoms with E-state index in [0.29, 0.717) is 0 Å². The zero-order valence-corrected chi connectivity index (χ0v) is 8.33. The molecule has 0 aliphatic carbocycles. The van der Waals surface area contributed by atoms with Gasteiger partial charge in [-0.2, -0.15) is 0 Å². The van der Waals surface area contributed by atoms with E-state index in [1.54, 1.807) is 0 Å². The zero-order chi connectivity index (χ0) is 10.2. The van der Waals surface area contributed by atoms with Gasteiger partial charge in [-0.3, -0.25) is 4.57 Å². The van der Waals surface area contributed by atoms with Crippen molar-refractivity contribution in [1.82, 2.24) is 10.6 Å². The van der Waals surface area contributed by atoms with Crippen LogP contribution in [0.25, 0.3) is 0 Å². The Bertz CT molecular complexity index is 143. The molecule has 80 valence electrons. The summed E-state index contributed by atoms with van der Waals surface area (Å²) in [6.07, 6.45) is -1.69. The molecule has 0 aromatic carbocycles. The van der Waals surface area contributed by atoms with Crippen LogP contribution in [-0.4, -0.2) is 54.0 Å². The van der Waals surface area contributed by atoms with Gasteiger partial charge in [0, 0.05) is 26.2 Å². The topological polar surface area (TPSA) is 102 Å². The quantitative estimate of drug-likeness (QED) is 0.351. The molecule has 0 saturated carbocycles. The summed E-state index contributed by atoms with van der Waals surface area (Å²) in [5, 5.41) is 22.3. The number of rotatable bonds is 2. The molecule has 7 heteroatoms. The third kappa shape index (κ3) is 8.36. The van der Waals surface area contributed by atoms with E-state index in [1.165, 1.54) is 0 Å². The Morgan fingerprint density at radius 3 is 1.38 bits per heavy atom. The number of aliphatic hydroxyl groups excluding tert-OH is 2. The van der Waals surface area contributed by atoms with Crippen LogP contribution < -0.4 is 10.6 Å². The largest absolute Gasteiger partial charge is 0.386 e. The Morgan fingerprint density at radius 2 is 1.31 bits per heavy atom. The molecule has 1 saturated heterocycles. The second kappa shape index (κ2) is 7.44. The molecule has 0 amide bonds. The molecule has 0 atom stereocenters. The molecule has 0 aromatic heterocycles. The van der Waals surface area contributed by atoms with Crippen LogP contribution in [0.4, 0.5) is 0 Å². The summed E-state index contributed by atoms with van der Waals surface area (Å²) < 4.78 is 10.0. The highest BCUT2D eigenvalue weighted by molar-refractivity contribution is 7.57. The van der Waals surface area contributed by atoms with Gasteiger partial charge in [-0.05, 0) is 0 Å². The van der Waals surface area contributed by atoms with E-state index < -0.39 is 20.1 Å². The summed E-state index contributed by atoms with van der Waals surface area (Å²) in [6.45, 7) is 4.56. The molecule has 0 spiro atoms. The molecular formula is C6H17N2O4P. The second-order valence-electron chi connectivity index (χ2n) is 2.63. The molecule has 6 nitrogen and oxygen atoms in total. The van der Waals surface area contributed by atoms with Crippen molar-refractivity contribution < 1.29 is 19.7 Å². The van der Waals surface area contributed by atoms with Gasteiger partial charge >= 0.3 is 0 Å². The lowest BCUT2D eigenvalue weighted by Crippen LogP contribution is -2.39. The Balaban J connectivity index is 0.000000223. The first-order valence-electron chi connectivity index (χ1n) is 4.06. The molecule has 0 radical (unpaired) electrons. The monoisotopic (exact) mass is 212 g/mol. The van der Waals surface area contributed by atoms with Gasteiger partial charge < -0.3 is 25.7 Å². The minimum absolute atomic E-state index is 0.844. The van der Waals surface area contributed by atoms with Gasteiger partial charge in [0.1, 0.15) is 12.7 Å². The molecule has 5 N–H and O–H groups in total. The van der Waals surface area contributed by atoms with Crippen molar-refractivity contribution in [3.8, 4) is 0 Å². The van der Waals surface area contributed by atoms with Crippen molar-refractivity contribution in [2.75, 3.05) is 38.9 Å². The maximum atomic E-state index is 10.0. The van der Waals surface area contributed by atoms with E-state index in [4.69, 9.17) is 15.1 Å². The van der Waals surface area contributed by atoms with E-state index in [1.807, 2.05) is 0 Å². The summed E-state index contributed by atoms with van der Waals surface area (Å²) in [7, 11) is -3.54. The Morgan fingerprint density at radius 1 is 1.00 bits per heavy atom. The summed E-state index contributed by atoms with van der Waals surface area (Å²) in [4.78, 5) is 8.19. The van der Waals surface area contributed by atoms with Crippen LogP contribution in [0, 0.1) is 0 Å². The smallest absolute Gasteiger partial charge is 0.249 e. The highest BCUT2D eigenvalue weighted by Gasteiger charge is 2.12. The van der Waals surface area contributed by atoms with Crippen LogP contribution in [0.2, 0.25) is 0 Å². The molecule has 1 rings (SSSR count). The van der Waals surface area contributed by atoms with E-state index >= 15 is 0 Å². The number of hydrogen-bond donors (Lipinski definition) is 5. The zero-order valence-electron chi connectivity index (χ0n) is 7.44. The molecule has 0 aromatic rings. The fourth-order valence-corrected chi connectivity index (χ4v) is 0.738. The first-order valence-corrected chi connectivity index (χ1v) is 6.09. The van der Waals surface area contributed by atoms with Crippen molar-refractivity contribution >= 4 is 7.37 Å². The first kappa shape index (κ1) is 13.0.